The van der Waals surface area contributed by atoms with Gasteiger partial charge in [-0.15, -0.1) is 11.3 Å². The Bertz CT molecular complexity index is 9860. The highest BCUT2D eigenvalue weighted by Crippen LogP contribution is 2.54. The van der Waals surface area contributed by atoms with Crippen LogP contribution in [-0.4, -0.2) is 54.8 Å². The van der Waals surface area contributed by atoms with Crippen LogP contribution in [0.3, 0.4) is 0 Å². The van der Waals surface area contributed by atoms with E-state index < -0.39 is 0 Å². The number of hydrogen-bond acceptors (Lipinski definition) is 13. The van der Waals surface area contributed by atoms with Crippen LogP contribution >= 0.6 is 11.3 Å². The summed E-state index contributed by atoms with van der Waals surface area (Å²) in [5.74, 6) is 5.67. The van der Waals surface area contributed by atoms with E-state index in [4.69, 9.17) is 59.2 Å². The summed E-state index contributed by atoms with van der Waals surface area (Å²) in [6.45, 7) is 4.76. The van der Waals surface area contributed by atoms with Crippen molar-refractivity contribution in [2.24, 2.45) is 0 Å². The van der Waals surface area contributed by atoms with Gasteiger partial charge in [-0.1, -0.05) is 414 Å². The SMILES string of the molecule is CC1(C)c2ccccc2-c2ccc3ccc4ccc5cc(-c6cccc(-c7nc(-c8ccccc8)nc(-c8ccccc8)n7)c6)ccc5c4c3c21.c1ccc(-c2nc(-c3ccccc3)nc(-c3ccc(-c4ccc5c(ccc6ccc7ccc8c9ccccc9oc8c7c65)c4)nc3)n2)cc1.c1ccc(-c2nc(-c3ccccc3)nc(-c3ccc(-c4ccc5c(ccc6ccc7ccc8c9ccccc9sc8c7c65)c4)nc3)n2)cc1. The number of aromatic nitrogens is 11. The topological polar surface area (TPSA) is 155 Å². The van der Waals surface area contributed by atoms with Crippen LogP contribution < -0.4 is 0 Å². The Kier molecular flexibility index (Phi) is 21.2. The molecule has 0 bridgehead atoms. The van der Waals surface area contributed by atoms with Crippen molar-refractivity contribution >= 4 is 150 Å². The van der Waals surface area contributed by atoms with Gasteiger partial charge in [-0.25, -0.2) is 44.9 Å². The molecular formula is C136H85N11OS. The molecule has 29 aromatic rings. The molecule has 30 rings (SSSR count). The second-order valence-corrected chi connectivity index (χ2v) is 39.6. The molecule has 0 fully saturated rings. The normalized spacial score (nSPS) is 12.1. The predicted octanol–water partition coefficient (Wildman–Crippen LogP) is 35.4. The maximum atomic E-state index is 6.50. The van der Waals surface area contributed by atoms with Gasteiger partial charge >= 0.3 is 0 Å². The number of fused-ring (bicyclic) bond motifs is 27. The zero-order chi connectivity index (χ0) is 98.7. The molecule has 0 saturated carbocycles. The van der Waals surface area contributed by atoms with Crippen molar-refractivity contribution in [3.63, 3.8) is 0 Å². The van der Waals surface area contributed by atoms with Crippen LogP contribution in [0.1, 0.15) is 25.0 Å². The van der Waals surface area contributed by atoms with Crippen molar-refractivity contribution in [3.8, 4) is 147 Å². The molecule has 0 unspecified atom stereocenters. The third-order valence-corrected chi connectivity index (χ3v) is 30.5. The smallest absolute Gasteiger partial charge is 0.165 e. The summed E-state index contributed by atoms with van der Waals surface area (Å²) >= 11 is 1.89. The Morgan fingerprint density at radius 3 is 0.993 bits per heavy atom. The van der Waals surface area contributed by atoms with Crippen LogP contribution in [0.25, 0.3) is 286 Å². The monoisotopic (exact) mass is 1920 g/mol. The zero-order valence-electron chi connectivity index (χ0n) is 80.8. The standard InChI is InChI=1S/C48H33N3.C44H26N4O.C44H26N4S/c1-48(2)41-19-10-9-18-39(41)40-27-24-31-21-20-30-22-23-36-28-35(25-26-38(36)42(30)43(31)44(40)48)34-16-11-17-37(29-34)47-50-45(32-12-5-3-6-13-32)49-46(51-47)33-14-7-4-8-15-33;2*1-3-9-29(10-4-1)42-46-43(30-11-5-2-6-12-30)48-44(47-42)33-21-24-37(45-26-33)32-20-22-34-31(25-32)18-17-27-15-16-28-19-23-36-35-13-7-8-14-38(35)49-41(36)40(28)39(27)34/h3-29H,1-2H3;2*1-26H. The van der Waals surface area contributed by atoms with Gasteiger partial charge in [0.25, 0.3) is 0 Å². The quantitative estimate of drug-likeness (QED) is 0.107. The lowest BCUT2D eigenvalue weighted by Gasteiger charge is -2.24. The molecule has 7 aromatic heterocycles. The molecule has 0 spiro atoms. The summed E-state index contributed by atoms with van der Waals surface area (Å²) in [5, 5.41) is 27.3. The van der Waals surface area contributed by atoms with Gasteiger partial charge < -0.3 is 4.42 Å². The number of thiophene rings is 1. The minimum atomic E-state index is -0.0992. The fourth-order valence-corrected chi connectivity index (χ4v) is 23.3. The molecule has 149 heavy (non-hydrogen) atoms. The molecule has 0 aliphatic heterocycles. The van der Waals surface area contributed by atoms with Crippen LogP contribution in [0, 0.1) is 0 Å². The maximum Gasteiger partial charge on any atom is 0.165 e. The van der Waals surface area contributed by atoms with Crippen molar-refractivity contribution in [2.45, 2.75) is 19.3 Å². The Hall–Kier alpha value is -19.5. The summed E-state index contributed by atoms with van der Waals surface area (Å²) in [5.41, 5.74) is 21.7. The molecule has 12 nitrogen and oxygen atoms in total. The molecule has 13 heteroatoms. The highest BCUT2D eigenvalue weighted by molar-refractivity contribution is 7.26. The zero-order valence-corrected chi connectivity index (χ0v) is 81.7. The van der Waals surface area contributed by atoms with Crippen LogP contribution in [0.4, 0.5) is 0 Å². The largest absolute Gasteiger partial charge is 0.455 e. The van der Waals surface area contributed by atoms with Gasteiger partial charge in [0, 0.05) is 126 Å². The van der Waals surface area contributed by atoms with Gasteiger partial charge in [-0.2, -0.15) is 0 Å². The fourth-order valence-electron chi connectivity index (χ4n) is 22.1. The molecule has 0 N–H and O–H groups in total. The lowest BCUT2D eigenvalue weighted by Crippen LogP contribution is -2.15. The van der Waals surface area contributed by atoms with Crippen molar-refractivity contribution in [1.82, 2.24) is 54.8 Å². The summed E-state index contributed by atoms with van der Waals surface area (Å²) in [4.78, 5) is 53.8. The Balaban J connectivity index is 0.000000108. The van der Waals surface area contributed by atoms with Gasteiger partial charge in [0.1, 0.15) is 11.2 Å². The second kappa shape index (κ2) is 36.1. The number of hydrogen-bond donors (Lipinski definition) is 0. The third kappa shape index (κ3) is 15.6. The average Bonchev–Trinajstić information content (AvgIpc) is 1.54. The van der Waals surface area contributed by atoms with E-state index in [1.807, 2.05) is 230 Å². The Morgan fingerprint density at radius 2 is 0.523 bits per heavy atom. The highest BCUT2D eigenvalue weighted by atomic mass is 32.1. The van der Waals surface area contributed by atoms with E-state index in [0.717, 1.165) is 122 Å². The van der Waals surface area contributed by atoms with Crippen LogP contribution in [0.15, 0.2) is 484 Å². The summed E-state index contributed by atoms with van der Waals surface area (Å²) in [7, 11) is 0. The summed E-state index contributed by atoms with van der Waals surface area (Å²) in [6, 6.07) is 164. The number of para-hydroxylation sites is 1. The van der Waals surface area contributed by atoms with Crippen molar-refractivity contribution in [2.75, 3.05) is 0 Å². The van der Waals surface area contributed by atoms with E-state index in [9.17, 15) is 0 Å². The minimum absolute atomic E-state index is 0.0992. The minimum Gasteiger partial charge on any atom is -0.455 e. The highest BCUT2D eigenvalue weighted by Gasteiger charge is 2.38. The van der Waals surface area contributed by atoms with E-state index in [-0.39, 0.29) is 5.41 Å². The molecule has 0 atom stereocenters. The number of nitrogens with zero attached hydrogens (tertiary/aromatic N) is 11. The van der Waals surface area contributed by atoms with Crippen LogP contribution in [0.5, 0.6) is 0 Å². The van der Waals surface area contributed by atoms with Gasteiger partial charge in [-0.3, -0.25) is 9.97 Å². The molecule has 22 aromatic carbocycles. The molecule has 0 amide bonds. The van der Waals surface area contributed by atoms with Gasteiger partial charge in [0.15, 0.2) is 52.4 Å². The Labute approximate surface area is 860 Å². The van der Waals surface area contributed by atoms with E-state index in [0.29, 0.717) is 52.4 Å². The van der Waals surface area contributed by atoms with E-state index in [1.165, 1.54) is 123 Å². The number of rotatable bonds is 12. The first-order valence-electron chi connectivity index (χ1n) is 50.1. The maximum absolute atomic E-state index is 6.50. The third-order valence-electron chi connectivity index (χ3n) is 29.3. The summed E-state index contributed by atoms with van der Waals surface area (Å²) < 4.78 is 9.18. The van der Waals surface area contributed by atoms with Gasteiger partial charge in [0.05, 0.1) is 11.4 Å². The summed E-state index contributed by atoms with van der Waals surface area (Å²) in [6.07, 6.45) is 3.72. The van der Waals surface area contributed by atoms with Crippen molar-refractivity contribution < 1.29 is 4.42 Å². The number of benzene rings is 22. The first-order valence-corrected chi connectivity index (χ1v) is 50.9. The molecule has 1 aliphatic carbocycles. The number of furan rings is 1. The molecular weight excluding hydrogens is 1840 g/mol. The van der Waals surface area contributed by atoms with E-state index in [2.05, 4.69) is 275 Å². The van der Waals surface area contributed by atoms with E-state index >= 15 is 0 Å². The first kappa shape index (κ1) is 87.3. The predicted molar refractivity (Wildman–Crippen MR) is 616 cm³/mol. The van der Waals surface area contributed by atoms with Crippen molar-refractivity contribution in [3.05, 3.63) is 491 Å². The van der Waals surface area contributed by atoms with Crippen LogP contribution in [-0.2, 0) is 5.41 Å². The molecule has 696 valence electrons. The van der Waals surface area contributed by atoms with Crippen molar-refractivity contribution in [1.29, 1.82) is 0 Å². The van der Waals surface area contributed by atoms with E-state index in [1.54, 1.807) is 0 Å². The Morgan fingerprint density at radius 1 is 0.201 bits per heavy atom. The van der Waals surface area contributed by atoms with Crippen LogP contribution in [0.2, 0.25) is 0 Å². The van der Waals surface area contributed by atoms with Gasteiger partial charge in [-0.05, 0) is 181 Å². The molecule has 0 radical (unpaired) electrons. The number of pyridine rings is 2. The lowest BCUT2D eigenvalue weighted by atomic mass is 9.79. The van der Waals surface area contributed by atoms with Gasteiger partial charge in [0.2, 0.25) is 0 Å². The lowest BCUT2D eigenvalue weighted by molar-refractivity contribution is 0.666. The first-order chi connectivity index (χ1) is 73.6. The molecule has 0 saturated heterocycles. The second-order valence-electron chi connectivity index (χ2n) is 38.6. The molecule has 1 aliphatic rings. The molecule has 7 heterocycles. The average molecular weight is 1920 g/mol. The fraction of sp³-hybridized carbons (Fsp3) is 0.0221.